The van der Waals surface area contributed by atoms with Gasteiger partial charge in [0.15, 0.2) is 0 Å². The fourth-order valence-corrected chi connectivity index (χ4v) is 2.58. The Morgan fingerprint density at radius 2 is 1.53 bits per heavy atom. The molecule has 19 heavy (non-hydrogen) atoms. The molecule has 0 aliphatic heterocycles. The number of hydrogen-bond donors (Lipinski definition) is 3. The van der Waals surface area contributed by atoms with Gasteiger partial charge in [-0.1, -0.05) is 0 Å². The van der Waals surface area contributed by atoms with Crippen molar-refractivity contribution >= 4 is 17.8 Å². The first-order chi connectivity index (χ1) is 8.30. The molecule has 0 aromatic heterocycles. The fraction of sp³-hybridized carbons (Fsp3) is 1.00. The second-order valence-corrected chi connectivity index (χ2v) is 6.61. The molecule has 0 spiro atoms. The number of alkyl halides is 3. The Hall–Kier alpha value is -0.190. The van der Waals surface area contributed by atoms with Gasteiger partial charge in [-0.15, -0.1) is 4.49 Å². The molecule has 0 aromatic carbocycles. The zero-order valence-corrected chi connectivity index (χ0v) is 12.4. The smallest absolute Gasteiger partial charge is 0.511 e. The van der Waals surface area contributed by atoms with Crippen LogP contribution in [0.1, 0.15) is 20.8 Å². The van der Waals surface area contributed by atoms with Crippen molar-refractivity contribution in [3.63, 3.8) is 0 Å². The van der Waals surface area contributed by atoms with E-state index in [0.29, 0.717) is 0 Å². The minimum absolute atomic E-state index is 0.0382. The minimum Gasteiger partial charge on any atom is -0.766 e. The Morgan fingerprint density at radius 3 is 1.58 bits per heavy atom. The van der Waals surface area contributed by atoms with Gasteiger partial charge >= 0.3 is 15.5 Å². The molecule has 12 heteroatoms. The SMILES string of the molecule is CC[NH+](CC)CC.O=P([O-])(O)NS(=O)(=O)C(F)(F)F. The third-order valence-corrected chi connectivity index (χ3v) is 4.53. The third-order valence-electron chi connectivity index (χ3n) is 2.04. The van der Waals surface area contributed by atoms with Crippen LogP contribution in [0.5, 0.6) is 0 Å². The lowest BCUT2D eigenvalue weighted by Gasteiger charge is -2.17. The Kier molecular flexibility index (Phi) is 9.09. The van der Waals surface area contributed by atoms with Gasteiger partial charge in [-0.25, -0.2) is 8.42 Å². The van der Waals surface area contributed by atoms with Gasteiger partial charge in [-0.3, -0.25) is 4.57 Å². The molecule has 1 unspecified atom stereocenters. The fourth-order valence-electron chi connectivity index (χ4n) is 0.954. The Balaban J connectivity index is 0. The van der Waals surface area contributed by atoms with Crippen LogP contribution in [-0.4, -0.2) is 38.5 Å². The predicted molar refractivity (Wildman–Crippen MR) is 60.5 cm³/mol. The molecule has 1 atom stereocenters. The molecule has 7 nitrogen and oxygen atoms in total. The van der Waals surface area contributed by atoms with Crippen LogP contribution in [0, 0.1) is 0 Å². The summed E-state index contributed by atoms with van der Waals surface area (Å²) in [7, 11) is -11.7. The number of quaternary nitrogens is 1. The van der Waals surface area contributed by atoms with Gasteiger partial charge in [-0.2, -0.15) is 13.2 Å². The second kappa shape index (κ2) is 8.18. The van der Waals surface area contributed by atoms with Crippen molar-refractivity contribution in [3.05, 3.63) is 0 Å². The zero-order valence-electron chi connectivity index (χ0n) is 10.7. The molecule has 0 radical (unpaired) electrons. The highest BCUT2D eigenvalue weighted by atomic mass is 32.2. The predicted octanol–water partition coefficient (Wildman–Crippen LogP) is -1.18. The normalized spacial score (nSPS) is 15.6. The lowest BCUT2D eigenvalue weighted by Crippen LogP contribution is -3.11. The summed E-state index contributed by atoms with van der Waals surface area (Å²) in [4.78, 5) is 19.1. The molecule has 0 aromatic rings. The van der Waals surface area contributed by atoms with Crippen molar-refractivity contribution in [1.82, 2.24) is 4.49 Å². The van der Waals surface area contributed by atoms with E-state index in [9.17, 15) is 31.0 Å². The Morgan fingerprint density at radius 1 is 1.21 bits per heavy atom. The highest BCUT2D eigenvalue weighted by Gasteiger charge is 2.47. The maximum Gasteiger partial charge on any atom is 0.511 e. The van der Waals surface area contributed by atoms with Crippen molar-refractivity contribution in [2.75, 3.05) is 19.6 Å². The number of halogens is 3. The van der Waals surface area contributed by atoms with E-state index in [0.717, 1.165) is 0 Å². The summed E-state index contributed by atoms with van der Waals surface area (Å²) in [6, 6.07) is 0. The topological polar surface area (TPSA) is 111 Å². The molecule has 0 fully saturated rings. The number of hydrogen-bond acceptors (Lipinski definition) is 4. The summed E-state index contributed by atoms with van der Waals surface area (Å²) < 4.78 is 63.6. The van der Waals surface area contributed by atoms with Gasteiger partial charge in [0, 0.05) is 0 Å². The van der Waals surface area contributed by atoms with E-state index in [1.807, 2.05) is 0 Å². The molecule has 0 saturated heterocycles. The summed E-state index contributed by atoms with van der Waals surface area (Å²) in [6.45, 7) is 10.5. The third kappa shape index (κ3) is 10.3. The Labute approximate surface area is 110 Å². The van der Waals surface area contributed by atoms with E-state index in [-0.39, 0.29) is 4.49 Å². The first-order valence-electron chi connectivity index (χ1n) is 5.28. The van der Waals surface area contributed by atoms with E-state index >= 15 is 0 Å². The van der Waals surface area contributed by atoms with E-state index in [1.165, 1.54) is 19.6 Å². The van der Waals surface area contributed by atoms with E-state index < -0.39 is 23.3 Å². The van der Waals surface area contributed by atoms with Gasteiger partial charge in [0.05, 0.1) is 19.6 Å². The summed E-state index contributed by atoms with van der Waals surface area (Å²) >= 11 is 0. The average Bonchev–Trinajstić information content (AvgIpc) is 2.15. The van der Waals surface area contributed by atoms with E-state index in [1.54, 1.807) is 4.90 Å². The largest absolute Gasteiger partial charge is 0.766 e. The first kappa shape index (κ1) is 21.1. The number of sulfonamides is 1. The quantitative estimate of drug-likeness (QED) is 0.550. The first-order valence-corrected chi connectivity index (χ1v) is 8.34. The number of rotatable bonds is 5. The van der Waals surface area contributed by atoms with Crippen molar-refractivity contribution in [3.8, 4) is 0 Å². The second-order valence-electron chi connectivity index (χ2n) is 3.37. The lowest BCUT2D eigenvalue weighted by atomic mass is 10.5. The molecule has 0 aliphatic rings. The Bertz CT molecular complexity index is 385. The standard InChI is InChI=1S/C6H15N.CH3F3NO5PS/c1-4-7(5-2)6-3;2-1(3,4)12(9,10)5-11(6,7)8/h4-6H2,1-3H3;(H3,5,6,7,8). The molecular weight excluding hydrogens is 312 g/mol. The van der Waals surface area contributed by atoms with Crippen LogP contribution < -0.4 is 14.3 Å². The van der Waals surface area contributed by atoms with Gasteiger partial charge in [0.1, 0.15) is 0 Å². The maximum absolute atomic E-state index is 11.3. The van der Waals surface area contributed by atoms with Crippen LogP contribution in [0.3, 0.4) is 0 Å². The molecule has 0 heterocycles. The molecule has 0 bridgehead atoms. The van der Waals surface area contributed by atoms with Gasteiger partial charge in [0.25, 0.3) is 0 Å². The lowest BCUT2D eigenvalue weighted by molar-refractivity contribution is -0.894. The van der Waals surface area contributed by atoms with E-state index in [4.69, 9.17) is 4.89 Å². The highest BCUT2D eigenvalue weighted by molar-refractivity contribution is 7.95. The minimum atomic E-state index is -6.03. The maximum atomic E-state index is 11.3. The monoisotopic (exact) mass is 330 g/mol. The van der Waals surface area contributed by atoms with Crippen LogP contribution >= 0.6 is 7.75 Å². The van der Waals surface area contributed by atoms with Crippen LogP contribution in [-0.2, 0) is 14.6 Å². The van der Waals surface area contributed by atoms with Crippen molar-refractivity contribution < 1.29 is 40.8 Å². The molecule has 0 aliphatic carbocycles. The molecule has 0 saturated carbocycles. The van der Waals surface area contributed by atoms with Crippen LogP contribution in [0.15, 0.2) is 0 Å². The number of nitrogens with one attached hydrogen (secondary N) is 2. The van der Waals surface area contributed by atoms with E-state index in [2.05, 4.69) is 20.8 Å². The summed E-state index contributed by atoms with van der Waals surface area (Å²) in [6.07, 6.45) is 0. The summed E-state index contributed by atoms with van der Waals surface area (Å²) in [5.74, 6) is 0. The van der Waals surface area contributed by atoms with Crippen LogP contribution in [0.2, 0.25) is 0 Å². The van der Waals surface area contributed by atoms with Crippen molar-refractivity contribution in [2.24, 2.45) is 0 Å². The molecule has 0 amide bonds. The van der Waals surface area contributed by atoms with Crippen molar-refractivity contribution in [1.29, 1.82) is 0 Å². The average molecular weight is 330 g/mol. The summed E-state index contributed by atoms with van der Waals surface area (Å²) in [5.41, 5.74) is -5.77. The summed E-state index contributed by atoms with van der Waals surface area (Å²) in [5, 5.41) is 0. The van der Waals surface area contributed by atoms with Crippen LogP contribution in [0.4, 0.5) is 13.2 Å². The molecule has 0 rings (SSSR count). The van der Waals surface area contributed by atoms with Crippen LogP contribution in [0.25, 0.3) is 0 Å². The van der Waals surface area contributed by atoms with Crippen molar-refractivity contribution in [2.45, 2.75) is 26.3 Å². The van der Waals surface area contributed by atoms with Gasteiger partial charge < -0.3 is 14.7 Å². The molecular formula is C7H18F3N2O5PS. The molecule has 3 N–H and O–H groups in total. The van der Waals surface area contributed by atoms with Gasteiger partial charge in [-0.05, 0) is 20.8 Å². The molecule has 118 valence electrons. The zero-order chi connectivity index (χ0) is 15.9. The highest BCUT2D eigenvalue weighted by Crippen LogP contribution is 2.31. The van der Waals surface area contributed by atoms with Gasteiger partial charge in [0.2, 0.25) is 7.75 Å².